The molecule has 1 saturated heterocycles. The van der Waals surface area contributed by atoms with Crippen LogP contribution in [0.25, 0.3) is 0 Å². The lowest BCUT2D eigenvalue weighted by Crippen LogP contribution is -2.51. The first-order chi connectivity index (χ1) is 20.0. The lowest BCUT2D eigenvalue weighted by atomic mass is 9.47. The minimum atomic E-state index is -0.339. The number of fused-ring (bicyclic) bond motifs is 6. The van der Waals surface area contributed by atoms with E-state index < -0.39 is 0 Å². The first-order valence-corrected chi connectivity index (χ1v) is 18.5. The number of hydrogen-bond donors (Lipinski definition) is 0. The molecule has 0 spiro atoms. The Bertz CT molecular complexity index is 1020. The maximum absolute atomic E-state index is 12.9. The topological polar surface area (TPSA) is 35.5 Å². The summed E-state index contributed by atoms with van der Waals surface area (Å²) in [5.74, 6) is 7.05. The highest BCUT2D eigenvalue weighted by Crippen LogP contribution is 2.67. The van der Waals surface area contributed by atoms with Gasteiger partial charge in [0.25, 0.3) is 0 Å². The molecule has 4 saturated carbocycles. The third-order valence-corrected chi connectivity index (χ3v) is 15.2. The molecule has 0 radical (unpaired) electrons. The van der Waals surface area contributed by atoms with E-state index in [1.165, 1.54) is 57.8 Å². The fraction of sp³-hybridized carbons (Fsp3) is 0.923. The molecule has 3 heteroatoms. The number of carbonyl (C=O) groups excluding carboxylic acids is 1. The van der Waals surface area contributed by atoms with Crippen LogP contribution in [0.3, 0.4) is 0 Å². The van der Waals surface area contributed by atoms with Crippen LogP contribution in [0.1, 0.15) is 139 Å². The van der Waals surface area contributed by atoms with Crippen molar-refractivity contribution in [3.63, 3.8) is 0 Å². The highest BCUT2D eigenvalue weighted by atomic mass is 16.7. The molecule has 1 aliphatic heterocycles. The average Bonchev–Trinajstić information content (AvgIpc) is 3.52. The van der Waals surface area contributed by atoms with E-state index in [2.05, 4.69) is 61.5 Å². The van der Waals surface area contributed by atoms with E-state index in [4.69, 9.17) is 9.47 Å². The summed E-state index contributed by atoms with van der Waals surface area (Å²) in [4.78, 5) is 12.9. The molecule has 0 aromatic rings. The number of hydrogen-bond acceptors (Lipinski definition) is 3. The van der Waals surface area contributed by atoms with Crippen LogP contribution in [-0.2, 0) is 14.3 Å². The lowest BCUT2D eigenvalue weighted by molar-refractivity contribution is -0.240. The average molecular weight is 581 g/mol. The molecule has 3 nitrogen and oxygen atoms in total. The Labute approximate surface area is 258 Å². The molecule has 1 heterocycles. The molecular weight excluding hydrogens is 516 g/mol. The van der Waals surface area contributed by atoms with Gasteiger partial charge in [-0.15, -0.1) is 0 Å². The maximum Gasteiger partial charge on any atom is 0.311 e. The Kier molecular flexibility index (Phi) is 8.78. The molecular formula is C39H64O3. The second kappa shape index (κ2) is 11.8. The predicted octanol–water partition coefficient (Wildman–Crippen LogP) is 10.2. The summed E-state index contributed by atoms with van der Waals surface area (Å²) >= 11 is 0. The zero-order valence-corrected chi connectivity index (χ0v) is 28.5. The Balaban J connectivity index is 1.10. The second-order valence-corrected chi connectivity index (χ2v) is 17.4. The predicted molar refractivity (Wildman–Crippen MR) is 172 cm³/mol. The number of rotatable bonds is 8. The summed E-state index contributed by atoms with van der Waals surface area (Å²) in [7, 11) is 0. The maximum atomic E-state index is 12.9. The Morgan fingerprint density at radius 2 is 1.69 bits per heavy atom. The second-order valence-electron chi connectivity index (χ2n) is 17.4. The third-order valence-electron chi connectivity index (χ3n) is 15.2. The first-order valence-electron chi connectivity index (χ1n) is 18.5. The molecule has 0 bridgehead atoms. The van der Waals surface area contributed by atoms with E-state index in [0.717, 1.165) is 61.2 Å². The van der Waals surface area contributed by atoms with Gasteiger partial charge in [-0.25, -0.2) is 0 Å². The molecule has 6 aliphatic rings. The van der Waals surface area contributed by atoms with Gasteiger partial charge in [0.2, 0.25) is 6.29 Å². The van der Waals surface area contributed by atoms with Gasteiger partial charge in [0, 0.05) is 5.92 Å². The van der Waals surface area contributed by atoms with E-state index in [0.29, 0.717) is 34.5 Å². The van der Waals surface area contributed by atoms with Crippen molar-refractivity contribution in [2.45, 2.75) is 151 Å². The van der Waals surface area contributed by atoms with Crippen LogP contribution in [0.4, 0.5) is 0 Å². The standard InChI is InChI=1S/C39H64O3/c1-9-27(23(2)3)12-10-24(4)32-16-17-33-31-15-13-28-22-29(18-20-38(28,7)34(31)19-21-39(32,33)8)41-37-26(6)30-14-11-25(5)35(30)36(40)42-37/h15,23-30,32-35,37H,9-14,16-22H2,1-8H3/t24-,25+,26+,27-,28+,29+,30+,32-,33+,34+,35-,37-,38+,39-/m1/s1. The quantitative estimate of drug-likeness (QED) is 0.212. The van der Waals surface area contributed by atoms with Gasteiger partial charge >= 0.3 is 5.97 Å². The van der Waals surface area contributed by atoms with Gasteiger partial charge in [-0.2, -0.15) is 0 Å². The minimum Gasteiger partial charge on any atom is -0.435 e. The normalized spacial score (nSPS) is 48.0. The summed E-state index contributed by atoms with van der Waals surface area (Å²) < 4.78 is 12.7. The first kappa shape index (κ1) is 31.2. The Morgan fingerprint density at radius 1 is 0.952 bits per heavy atom. The van der Waals surface area contributed by atoms with Gasteiger partial charge in [-0.1, -0.05) is 79.9 Å². The number of cyclic esters (lactones) is 1. The van der Waals surface area contributed by atoms with Gasteiger partial charge in [0.15, 0.2) is 0 Å². The van der Waals surface area contributed by atoms with Gasteiger partial charge < -0.3 is 9.47 Å². The van der Waals surface area contributed by atoms with Gasteiger partial charge in [0.05, 0.1) is 12.0 Å². The Hall–Kier alpha value is -0.830. The van der Waals surface area contributed by atoms with E-state index in [9.17, 15) is 4.79 Å². The van der Waals surface area contributed by atoms with E-state index >= 15 is 0 Å². The van der Waals surface area contributed by atoms with E-state index in [1.807, 2.05) is 5.57 Å². The number of ether oxygens (including phenoxy) is 2. The molecule has 0 aromatic carbocycles. The van der Waals surface area contributed by atoms with E-state index in [1.54, 1.807) is 0 Å². The van der Waals surface area contributed by atoms with Crippen molar-refractivity contribution in [2.24, 2.45) is 75.9 Å². The fourth-order valence-corrected chi connectivity index (χ4v) is 12.3. The van der Waals surface area contributed by atoms with Crippen molar-refractivity contribution < 1.29 is 14.3 Å². The van der Waals surface area contributed by atoms with Crippen molar-refractivity contribution in [3.05, 3.63) is 11.6 Å². The smallest absolute Gasteiger partial charge is 0.311 e. The van der Waals surface area contributed by atoms with Gasteiger partial charge in [0.1, 0.15) is 0 Å². The van der Waals surface area contributed by atoms with Crippen LogP contribution in [-0.4, -0.2) is 18.4 Å². The molecule has 0 unspecified atom stereocenters. The SMILES string of the molecule is CC[C@H](CC[C@@H](C)[C@H]1CC[C@H]2C3=CC[C@H]4C[C@@H](O[C@@H]5OC(=O)[C@H]6[C@@H](CC[C@@H]6C)[C@@H]5C)CC[C@]4(C)[C@H]3CC[C@]12C)C(C)C. The highest BCUT2D eigenvalue weighted by Gasteiger charge is 2.58. The third kappa shape index (κ3) is 5.16. The van der Waals surface area contributed by atoms with Crippen LogP contribution in [0.5, 0.6) is 0 Å². The van der Waals surface area contributed by atoms with Gasteiger partial charge in [-0.05, 0) is 135 Å². The van der Waals surface area contributed by atoms with Crippen LogP contribution in [0.2, 0.25) is 0 Å². The van der Waals surface area contributed by atoms with Gasteiger partial charge in [-0.3, -0.25) is 4.79 Å². The fourth-order valence-electron chi connectivity index (χ4n) is 12.3. The summed E-state index contributed by atoms with van der Waals surface area (Å²) in [5.41, 5.74) is 2.78. The number of esters is 1. The van der Waals surface area contributed by atoms with Crippen molar-refractivity contribution in [2.75, 3.05) is 0 Å². The summed E-state index contributed by atoms with van der Waals surface area (Å²) in [5, 5.41) is 0. The summed E-state index contributed by atoms with van der Waals surface area (Å²) in [6, 6.07) is 0. The summed E-state index contributed by atoms with van der Waals surface area (Å²) in [6.45, 7) is 19.7. The largest absolute Gasteiger partial charge is 0.435 e. The number of allylic oxidation sites excluding steroid dienone is 2. The molecule has 6 rings (SSSR count). The minimum absolute atomic E-state index is 0.0125. The molecule has 5 fully saturated rings. The van der Waals surface area contributed by atoms with Crippen molar-refractivity contribution in [1.82, 2.24) is 0 Å². The van der Waals surface area contributed by atoms with Crippen LogP contribution < -0.4 is 0 Å². The van der Waals surface area contributed by atoms with Crippen LogP contribution >= 0.6 is 0 Å². The van der Waals surface area contributed by atoms with Crippen molar-refractivity contribution >= 4 is 5.97 Å². The summed E-state index contributed by atoms with van der Waals surface area (Å²) in [6.07, 6.45) is 19.5. The molecule has 5 aliphatic carbocycles. The zero-order chi connectivity index (χ0) is 30.0. The Morgan fingerprint density at radius 3 is 2.43 bits per heavy atom. The monoisotopic (exact) mass is 580 g/mol. The zero-order valence-electron chi connectivity index (χ0n) is 28.5. The van der Waals surface area contributed by atoms with Crippen molar-refractivity contribution in [3.8, 4) is 0 Å². The highest BCUT2D eigenvalue weighted by molar-refractivity contribution is 5.74. The molecule has 0 amide bonds. The van der Waals surface area contributed by atoms with Crippen molar-refractivity contribution in [1.29, 1.82) is 0 Å². The van der Waals surface area contributed by atoms with E-state index in [-0.39, 0.29) is 24.3 Å². The molecule has 42 heavy (non-hydrogen) atoms. The molecule has 0 N–H and O–H groups in total. The molecule has 238 valence electrons. The van der Waals surface area contributed by atoms with Crippen LogP contribution in [0.15, 0.2) is 11.6 Å². The molecule has 14 atom stereocenters. The number of carbonyl (C=O) groups is 1. The van der Waals surface area contributed by atoms with Crippen LogP contribution in [0, 0.1) is 75.9 Å². The lowest BCUT2D eigenvalue weighted by Gasteiger charge is -2.58. The molecule has 0 aromatic heterocycles.